The first-order valence-electron chi connectivity index (χ1n) is 15.3. The first-order chi connectivity index (χ1) is 22.0. The van der Waals surface area contributed by atoms with E-state index in [2.05, 4.69) is 96.3 Å². The van der Waals surface area contributed by atoms with E-state index in [1.807, 2.05) is 0 Å². The summed E-state index contributed by atoms with van der Waals surface area (Å²) in [6.07, 6.45) is 11.4. The molecule has 0 bridgehead atoms. The van der Waals surface area contributed by atoms with Gasteiger partial charge in [0.2, 0.25) is 0 Å². The van der Waals surface area contributed by atoms with Crippen molar-refractivity contribution in [2.45, 2.75) is 38.5 Å². The second kappa shape index (κ2) is 18.1. The van der Waals surface area contributed by atoms with Crippen LogP contribution in [0.3, 0.4) is 0 Å². The number of hydrogen-bond donors (Lipinski definition) is 5. The van der Waals surface area contributed by atoms with Crippen molar-refractivity contribution < 1.29 is 33.1 Å². The SMILES string of the molecule is CS(=O)(=O)O.O=C(/C=C/c1cc(O)c(O)c(O)c1)NCCCCCCCC[PH](c1ccccc1)(c1ccccc1)c1ccccc1. The predicted octanol–water partition coefficient (Wildman–Crippen LogP) is 5.50. The van der Waals surface area contributed by atoms with Crippen LogP contribution in [0, 0.1) is 0 Å². The zero-order valence-corrected chi connectivity index (χ0v) is 27.9. The summed E-state index contributed by atoms with van der Waals surface area (Å²) in [6.45, 7) is 0.599. The van der Waals surface area contributed by atoms with E-state index >= 15 is 0 Å². The van der Waals surface area contributed by atoms with Crippen molar-refractivity contribution in [2.75, 3.05) is 19.0 Å². The average Bonchev–Trinajstić information content (AvgIpc) is 3.04. The van der Waals surface area contributed by atoms with Crippen LogP contribution in [-0.2, 0) is 14.9 Å². The van der Waals surface area contributed by atoms with Gasteiger partial charge >= 0.3 is 194 Å². The Labute approximate surface area is 272 Å². The number of nitrogens with one attached hydrogen (secondary N) is 1. The molecule has 10 heteroatoms. The molecule has 0 saturated heterocycles. The Morgan fingerprint density at radius 1 is 0.696 bits per heavy atom. The van der Waals surface area contributed by atoms with Crippen LogP contribution in [0.15, 0.2) is 109 Å². The molecule has 0 aliphatic rings. The normalized spacial score (nSPS) is 11.9. The quantitative estimate of drug-likeness (QED) is 0.0393. The molecule has 0 saturated carbocycles. The molecule has 4 rings (SSSR count). The van der Waals surface area contributed by atoms with Crippen LogP contribution in [0.5, 0.6) is 17.2 Å². The van der Waals surface area contributed by atoms with Gasteiger partial charge in [-0.1, -0.05) is 0 Å². The number of benzene rings is 4. The number of unbranched alkanes of at least 4 members (excludes halogenated alkanes) is 5. The zero-order valence-electron chi connectivity index (χ0n) is 26.0. The number of carbonyl (C=O) groups is 1. The van der Waals surface area contributed by atoms with E-state index in [1.54, 1.807) is 0 Å². The number of rotatable bonds is 14. The van der Waals surface area contributed by atoms with Gasteiger partial charge in [-0.05, 0) is 17.7 Å². The van der Waals surface area contributed by atoms with Gasteiger partial charge in [-0.3, -0.25) is 4.55 Å². The van der Waals surface area contributed by atoms with Gasteiger partial charge in [0, 0.05) is 0 Å². The van der Waals surface area contributed by atoms with Gasteiger partial charge in [0.15, 0.2) is 17.2 Å². The first kappa shape index (κ1) is 36.3. The summed E-state index contributed by atoms with van der Waals surface area (Å²) in [5, 5.41) is 35.8. The fourth-order valence-corrected chi connectivity index (χ4v) is 10.4. The number of hydrogen-bond acceptors (Lipinski definition) is 6. The first-order valence-corrected chi connectivity index (χ1v) is 19.4. The molecule has 0 heterocycles. The third-order valence-electron chi connectivity index (χ3n) is 7.60. The Bertz CT molecular complexity index is 1520. The van der Waals surface area contributed by atoms with E-state index < -0.39 is 34.6 Å². The molecule has 0 aromatic heterocycles. The molecule has 0 aliphatic carbocycles. The third kappa shape index (κ3) is 11.6. The summed E-state index contributed by atoms with van der Waals surface area (Å²) < 4.78 is 25.9. The molecule has 5 N–H and O–H groups in total. The molecule has 0 radical (unpaired) electrons. The van der Waals surface area contributed by atoms with Crippen molar-refractivity contribution >= 4 is 45.3 Å². The standard InChI is InChI=1S/C35H40NO4P.CH4O3S/c37-32-26-28(27-33(38)35(32)40)22-23-34(39)36-24-14-3-1-2-4-15-25-41(29-16-8-5-9-17-29,30-18-10-6-11-19-30)31-20-12-7-13-21-31;1-5(2,3)4/h5-13,16-23,26-27,37-38,40-41H,1-4,14-15,24-25H2,(H,36,39);1H3,(H,2,3,4)/b23-22+;. The van der Waals surface area contributed by atoms with E-state index in [9.17, 15) is 28.5 Å². The summed E-state index contributed by atoms with van der Waals surface area (Å²) in [4.78, 5) is 12.1. The molecule has 0 unspecified atom stereocenters. The molecule has 0 fully saturated rings. The van der Waals surface area contributed by atoms with Crippen LogP contribution in [-0.4, -0.2) is 53.2 Å². The Morgan fingerprint density at radius 3 is 1.52 bits per heavy atom. The van der Waals surface area contributed by atoms with Crippen molar-refractivity contribution in [1.82, 2.24) is 5.32 Å². The molecule has 0 atom stereocenters. The minimum absolute atomic E-state index is 0.235. The van der Waals surface area contributed by atoms with Crippen LogP contribution in [0.1, 0.15) is 44.1 Å². The van der Waals surface area contributed by atoms with Crippen molar-refractivity contribution in [1.29, 1.82) is 0 Å². The molecule has 0 spiro atoms. The Kier molecular flexibility index (Phi) is 14.3. The summed E-state index contributed by atoms with van der Waals surface area (Å²) in [7, 11) is -5.82. The molecule has 1 amide bonds. The molecular formula is C36H44NO7PS. The van der Waals surface area contributed by atoms with Crippen molar-refractivity contribution in [3.05, 3.63) is 115 Å². The van der Waals surface area contributed by atoms with Gasteiger partial charge in [-0.25, -0.2) is 0 Å². The molecule has 8 nitrogen and oxygen atoms in total. The molecular weight excluding hydrogens is 621 g/mol. The van der Waals surface area contributed by atoms with Gasteiger partial charge in [-0.2, -0.15) is 8.42 Å². The monoisotopic (exact) mass is 665 g/mol. The van der Waals surface area contributed by atoms with E-state index in [0.717, 1.165) is 19.3 Å². The van der Waals surface area contributed by atoms with E-state index in [-0.39, 0.29) is 5.91 Å². The van der Waals surface area contributed by atoms with Gasteiger partial charge < -0.3 is 15.3 Å². The minimum atomic E-state index is -3.67. The Morgan fingerprint density at radius 2 is 1.09 bits per heavy atom. The van der Waals surface area contributed by atoms with Crippen molar-refractivity contribution in [2.24, 2.45) is 0 Å². The van der Waals surface area contributed by atoms with Gasteiger partial charge in [-0.15, -0.1) is 0 Å². The van der Waals surface area contributed by atoms with Crippen LogP contribution in [0.4, 0.5) is 0 Å². The van der Waals surface area contributed by atoms with E-state index in [1.165, 1.54) is 65.6 Å². The van der Waals surface area contributed by atoms with E-state index in [0.29, 0.717) is 18.4 Å². The van der Waals surface area contributed by atoms with Crippen LogP contribution >= 0.6 is 7.26 Å². The molecule has 46 heavy (non-hydrogen) atoms. The second-order valence-corrected chi connectivity index (χ2v) is 16.6. The molecule has 4 aromatic rings. The zero-order chi connectivity index (χ0) is 33.4. The van der Waals surface area contributed by atoms with Gasteiger partial charge in [0.05, 0.1) is 6.26 Å². The number of phenols is 3. The third-order valence-corrected chi connectivity index (χ3v) is 12.7. The number of carbonyl (C=O) groups excluding carboxylic acids is 1. The van der Waals surface area contributed by atoms with Gasteiger partial charge in [0.25, 0.3) is 10.1 Å². The molecule has 4 aromatic carbocycles. The summed E-state index contributed by atoms with van der Waals surface area (Å²) in [6, 6.07) is 35.8. The Hall–Kier alpha value is -4.17. The maximum atomic E-state index is 12.1. The number of amides is 1. The van der Waals surface area contributed by atoms with Crippen LogP contribution in [0.2, 0.25) is 0 Å². The van der Waals surface area contributed by atoms with Gasteiger partial charge in [0.1, 0.15) is 0 Å². The summed E-state index contributed by atoms with van der Waals surface area (Å²) in [5.74, 6) is -1.67. The van der Waals surface area contributed by atoms with Crippen molar-refractivity contribution in [3.8, 4) is 17.2 Å². The van der Waals surface area contributed by atoms with E-state index in [4.69, 9.17) is 4.55 Å². The second-order valence-electron chi connectivity index (χ2n) is 11.1. The molecule has 246 valence electrons. The maximum absolute atomic E-state index is 12.1. The molecule has 0 aliphatic heterocycles. The van der Waals surface area contributed by atoms with Crippen LogP contribution < -0.4 is 21.2 Å². The predicted molar refractivity (Wildman–Crippen MR) is 190 cm³/mol. The number of phenolic OH excluding ortho intramolecular Hbond substituents is 3. The summed E-state index contributed by atoms with van der Waals surface area (Å²) >= 11 is 0. The summed E-state index contributed by atoms with van der Waals surface area (Å²) in [5.41, 5.74) is 0.423. The fraction of sp³-hybridized carbons (Fsp3) is 0.250. The topological polar surface area (TPSA) is 144 Å². The van der Waals surface area contributed by atoms with Crippen LogP contribution in [0.25, 0.3) is 6.08 Å². The fourth-order valence-electron chi connectivity index (χ4n) is 5.49. The average molecular weight is 666 g/mol. The Balaban J connectivity index is 0.00000107. The van der Waals surface area contributed by atoms with Crippen molar-refractivity contribution in [3.63, 3.8) is 0 Å². The number of aromatic hydroxyl groups is 3.